The van der Waals surface area contributed by atoms with Gasteiger partial charge in [-0.2, -0.15) is 0 Å². The molecular formula is C17H22N2O2S. The highest BCUT2D eigenvalue weighted by Gasteiger charge is 2.30. The number of aromatic nitrogens is 1. The van der Waals surface area contributed by atoms with Crippen molar-refractivity contribution in [3.8, 4) is 5.00 Å². The van der Waals surface area contributed by atoms with Crippen LogP contribution in [0.1, 0.15) is 34.6 Å². The van der Waals surface area contributed by atoms with Crippen LogP contribution in [0.25, 0.3) is 5.00 Å². The SMILES string of the molecule is Cc1sc(-n2cccc2)c(C(=O)N2C[C@H](C)O[C@@H](C)C2)c1C. The molecule has 22 heavy (non-hydrogen) atoms. The minimum atomic E-state index is 0.0859. The summed E-state index contributed by atoms with van der Waals surface area (Å²) in [7, 11) is 0. The molecule has 1 aliphatic rings. The minimum Gasteiger partial charge on any atom is -0.372 e. The predicted octanol–water partition coefficient (Wildman–Crippen LogP) is 3.41. The van der Waals surface area contributed by atoms with Gasteiger partial charge in [0.25, 0.3) is 5.91 Å². The highest BCUT2D eigenvalue weighted by atomic mass is 32.1. The smallest absolute Gasteiger partial charge is 0.257 e. The standard InChI is InChI=1S/C17H22N2O2S/c1-11-9-19(10-12(2)21-11)16(20)15-13(3)14(4)22-17(15)18-7-5-6-8-18/h5-8,11-12H,9-10H2,1-4H3/t11-,12-/m0/s1. The molecule has 1 aliphatic heterocycles. The Hall–Kier alpha value is -1.59. The van der Waals surface area contributed by atoms with Crippen LogP contribution in [0.2, 0.25) is 0 Å². The third-order valence-corrected chi connectivity index (χ3v) is 5.35. The first-order valence-electron chi connectivity index (χ1n) is 7.65. The van der Waals surface area contributed by atoms with Crippen molar-refractivity contribution in [3.63, 3.8) is 0 Å². The third-order valence-electron chi connectivity index (χ3n) is 4.13. The second-order valence-corrected chi connectivity index (χ2v) is 7.22. The van der Waals surface area contributed by atoms with Crippen molar-refractivity contribution in [1.29, 1.82) is 0 Å². The molecule has 2 aromatic rings. The molecule has 0 bridgehead atoms. The largest absolute Gasteiger partial charge is 0.372 e. The zero-order valence-corrected chi connectivity index (χ0v) is 14.3. The van der Waals surface area contributed by atoms with Crippen LogP contribution in [0.3, 0.4) is 0 Å². The highest BCUT2D eigenvalue weighted by molar-refractivity contribution is 7.15. The fraction of sp³-hybridized carbons (Fsp3) is 0.471. The summed E-state index contributed by atoms with van der Waals surface area (Å²) in [6.45, 7) is 9.47. The van der Waals surface area contributed by atoms with Gasteiger partial charge >= 0.3 is 0 Å². The first kappa shape index (κ1) is 15.3. The Kier molecular flexibility index (Phi) is 4.10. The van der Waals surface area contributed by atoms with Crippen molar-refractivity contribution in [2.45, 2.75) is 39.9 Å². The molecule has 0 spiro atoms. The number of hydrogen-bond acceptors (Lipinski definition) is 3. The monoisotopic (exact) mass is 318 g/mol. The molecule has 2 atom stereocenters. The van der Waals surface area contributed by atoms with Crippen LogP contribution in [0.15, 0.2) is 24.5 Å². The van der Waals surface area contributed by atoms with Gasteiger partial charge in [-0.25, -0.2) is 0 Å². The molecule has 118 valence electrons. The number of nitrogens with zero attached hydrogens (tertiary/aromatic N) is 2. The van der Waals surface area contributed by atoms with Gasteiger partial charge in [0.1, 0.15) is 5.00 Å². The first-order valence-corrected chi connectivity index (χ1v) is 8.47. The molecule has 0 aliphatic carbocycles. The van der Waals surface area contributed by atoms with E-state index in [4.69, 9.17) is 4.74 Å². The van der Waals surface area contributed by atoms with E-state index in [1.807, 2.05) is 54.8 Å². The summed E-state index contributed by atoms with van der Waals surface area (Å²) in [5, 5.41) is 1.01. The number of ether oxygens (including phenoxy) is 1. The fourth-order valence-corrected chi connectivity index (χ4v) is 4.13. The highest BCUT2D eigenvalue weighted by Crippen LogP contribution is 2.32. The van der Waals surface area contributed by atoms with Crippen molar-refractivity contribution < 1.29 is 9.53 Å². The minimum absolute atomic E-state index is 0.0859. The Morgan fingerprint density at radius 3 is 2.36 bits per heavy atom. The van der Waals surface area contributed by atoms with E-state index in [2.05, 4.69) is 6.92 Å². The molecule has 1 fully saturated rings. The van der Waals surface area contributed by atoms with Gasteiger partial charge in [-0.1, -0.05) is 0 Å². The topological polar surface area (TPSA) is 34.5 Å². The van der Waals surface area contributed by atoms with Crippen LogP contribution in [-0.2, 0) is 4.74 Å². The normalized spacial score (nSPS) is 22.1. The summed E-state index contributed by atoms with van der Waals surface area (Å²) >= 11 is 1.68. The van der Waals surface area contributed by atoms with Crippen LogP contribution in [0, 0.1) is 13.8 Å². The number of morpholine rings is 1. The van der Waals surface area contributed by atoms with E-state index in [0.29, 0.717) is 13.1 Å². The average Bonchev–Trinajstić information content (AvgIpc) is 3.07. The van der Waals surface area contributed by atoms with Crippen molar-refractivity contribution in [2.24, 2.45) is 0 Å². The summed E-state index contributed by atoms with van der Waals surface area (Å²) in [6.07, 6.45) is 4.16. The van der Waals surface area contributed by atoms with Crippen molar-refractivity contribution >= 4 is 17.2 Å². The quantitative estimate of drug-likeness (QED) is 0.850. The van der Waals surface area contributed by atoms with E-state index in [-0.39, 0.29) is 18.1 Å². The van der Waals surface area contributed by atoms with Gasteiger partial charge in [-0.3, -0.25) is 4.79 Å². The summed E-state index contributed by atoms with van der Waals surface area (Å²) in [4.78, 5) is 16.2. The van der Waals surface area contributed by atoms with Gasteiger partial charge in [-0.05, 0) is 45.4 Å². The Morgan fingerprint density at radius 1 is 1.18 bits per heavy atom. The van der Waals surface area contributed by atoms with E-state index >= 15 is 0 Å². The number of rotatable bonds is 2. The summed E-state index contributed by atoms with van der Waals surface area (Å²) < 4.78 is 7.78. The number of amides is 1. The molecule has 0 N–H and O–H groups in total. The molecule has 1 amide bonds. The van der Waals surface area contributed by atoms with Crippen LogP contribution in [0.4, 0.5) is 0 Å². The first-order chi connectivity index (χ1) is 10.5. The molecule has 0 unspecified atom stereocenters. The van der Waals surface area contributed by atoms with Gasteiger partial charge in [0, 0.05) is 30.4 Å². The number of aryl methyl sites for hydroxylation is 1. The molecule has 0 radical (unpaired) electrons. The molecule has 4 nitrogen and oxygen atoms in total. The van der Waals surface area contributed by atoms with Crippen molar-refractivity contribution in [3.05, 3.63) is 40.5 Å². The fourth-order valence-electron chi connectivity index (χ4n) is 3.01. The van der Waals surface area contributed by atoms with Crippen LogP contribution >= 0.6 is 11.3 Å². The summed E-state index contributed by atoms with van der Waals surface area (Å²) in [5.74, 6) is 0.118. The van der Waals surface area contributed by atoms with Crippen LogP contribution < -0.4 is 0 Å². The van der Waals surface area contributed by atoms with Crippen LogP contribution in [0.5, 0.6) is 0 Å². The zero-order chi connectivity index (χ0) is 15.9. The molecule has 5 heteroatoms. The predicted molar refractivity (Wildman–Crippen MR) is 89.0 cm³/mol. The Morgan fingerprint density at radius 2 is 1.77 bits per heavy atom. The lowest BCUT2D eigenvalue weighted by Crippen LogP contribution is -2.48. The van der Waals surface area contributed by atoms with E-state index in [1.165, 1.54) is 4.88 Å². The number of thiophene rings is 1. The average molecular weight is 318 g/mol. The van der Waals surface area contributed by atoms with Gasteiger partial charge < -0.3 is 14.2 Å². The number of carbonyl (C=O) groups excluding carboxylic acids is 1. The summed E-state index contributed by atoms with van der Waals surface area (Å²) in [5.41, 5.74) is 1.92. The lowest BCUT2D eigenvalue weighted by molar-refractivity contribution is -0.0586. The zero-order valence-electron chi connectivity index (χ0n) is 13.5. The number of carbonyl (C=O) groups is 1. The lowest BCUT2D eigenvalue weighted by atomic mass is 10.1. The lowest BCUT2D eigenvalue weighted by Gasteiger charge is -2.35. The second-order valence-electron chi connectivity index (χ2n) is 6.02. The summed E-state index contributed by atoms with van der Waals surface area (Å²) in [6, 6.07) is 3.97. The molecule has 0 aromatic carbocycles. The maximum absolute atomic E-state index is 13.1. The number of hydrogen-bond donors (Lipinski definition) is 0. The maximum Gasteiger partial charge on any atom is 0.257 e. The van der Waals surface area contributed by atoms with E-state index in [9.17, 15) is 4.79 Å². The Bertz CT molecular complexity index is 665. The van der Waals surface area contributed by atoms with Crippen molar-refractivity contribution in [1.82, 2.24) is 9.47 Å². The van der Waals surface area contributed by atoms with E-state index in [0.717, 1.165) is 16.1 Å². The third kappa shape index (κ3) is 2.71. The van der Waals surface area contributed by atoms with Gasteiger partial charge in [0.2, 0.25) is 0 Å². The van der Waals surface area contributed by atoms with Crippen molar-refractivity contribution in [2.75, 3.05) is 13.1 Å². The molecular weight excluding hydrogens is 296 g/mol. The van der Waals surface area contributed by atoms with E-state index in [1.54, 1.807) is 11.3 Å². The Labute approximate surface area is 135 Å². The van der Waals surface area contributed by atoms with Gasteiger partial charge in [0.05, 0.1) is 17.8 Å². The molecule has 1 saturated heterocycles. The molecule has 2 aromatic heterocycles. The molecule has 3 heterocycles. The van der Waals surface area contributed by atoms with Gasteiger partial charge in [0.15, 0.2) is 0 Å². The molecule has 0 saturated carbocycles. The van der Waals surface area contributed by atoms with Gasteiger partial charge in [-0.15, -0.1) is 11.3 Å². The Balaban J connectivity index is 1.99. The second kappa shape index (κ2) is 5.89. The van der Waals surface area contributed by atoms with Crippen LogP contribution in [-0.4, -0.2) is 40.7 Å². The maximum atomic E-state index is 13.1. The van der Waals surface area contributed by atoms with E-state index < -0.39 is 0 Å². The molecule has 3 rings (SSSR count).